The molecule has 0 amide bonds. The zero-order valence-corrected chi connectivity index (χ0v) is 7.83. The lowest BCUT2D eigenvalue weighted by Gasteiger charge is -2.11. The molecule has 68 valence electrons. The summed E-state index contributed by atoms with van der Waals surface area (Å²) in [6.07, 6.45) is 4.35. The van der Waals surface area contributed by atoms with Crippen molar-refractivity contribution < 1.29 is 0 Å². The van der Waals surface area contributed by atoms with E-state index < -0.39 is 0 Å². The first-order chi connectivity index (χ1) is 5.76. The number of nitrogens with zero attached hydrogens (tertiary/aromatic N) is 2. The van der Waals surface area contributed by atoms with Gasteiger partial charge in [-0.2, -0.15) is 5.10 Å². The number of aromatic nitrogens is 2. The van der Waals surface area contributed by atoms with E-state index in [9.17, 15) is 0 Å². The molecule has 3 nitrogen and oxygen atoms in total. The molecule has 0 aliphatic rings. The molecular weight excluding hydrogens is 150 g/mol. The number of nitrogen functional groups attached to an aromatic ring is 1. The Morgan fingerprint density at radius 1 is 1.50 bits per heavy atom. The van der Waals surface area contributed by atoms with Crippen LogP contribution < -0.4 is 5.73 Å². The van der Waals surface area contributed by atoms with Crippen LogP contribution in [0.15, 0.2) is 12.3 Å². The van der Waals surface area contributed by atoms with Crippen LogP contribution in [0.3, 0.4) is 0 Å². The molecule has 0 saturated heterocycles. The second kappa shape index (κ2) is 4.14. The highest BCUT2D eigenvalue weighted by atomic mass is 15.3. The van der Waals surface area contributed by atoms with Crippen LogP contribution in [0.1, 0.15) is 26.7 Å². The van der Waals surface area contributed by atoms with Crippen molar-refractivity contribution in [2.75, 3.05) is 5.73 Å². The van der Waals surface area contributed by atoms with Crippen molar-refractivity contribution >= 4 is 5.82 Å². The van der Waals surface area contributed by atoms with Gasteiger partial charge in [0.05, 0.1) is 0 Å². The quantitative estimate of drug-likeness (QED) is 0.744. The van der Waals surface area contributed by atoms with Crippen molar-refractivity contribution in [3.8, 4) is 0 Å². The van der Waals surface area contributed by atoms with Gasteiger partial charge in [0.15, 0.2) is 0 Å². The minimum Gasteiger partial charge on any atom is -0.382 e. The molecule has 0 fully saturated rings. The monoisotopic (exact) mass is 167 g/mol. The maximum atomic E-state index is 5.51. The minimum atomic E-state index is 0.612. The number of rotatable bonds is 4. The van der Waals surface area contributed by atoms with Crippen molar-refractivity contribution in [2.45, 2.75) is 33.2 Å². The van der Waals surface area contributed by atoms with E-state index in [2.05, 4.69) is 18.9 Å². The number of hydrogen-bond acceptors (Lipinski definition) is 2. The van der Waals surface area contributed by atoms with Crippen molar-refractivity contribution in [3.63, 3.8) is 0 Å². The van der Waals surface area contributed by atoms with Gasteiger partial charge >= 0.3 is 0 Å². The van der Waals surface area contributed by atoms with Gasteiger partial charge in [-0.25, -0.2) is 0 Å². The van der Waals surface area contributed by atoms with Crippen LogP contribution >= 0.6 is 0 Å². The molecule has 0 spiro atoms. The van der Waals surface area contributed by atoms with Gasteiger partial charge in [0.2, 0.25) is 0 Å². The summed E-state index contributed by atoms with van der Waals surface area (Å²) in [5.74, 6) is 1.34. The molecule has 0 aliphatic carbocycles. The molecule has 0 bridgehead atoms. The zero-order chi connectivity index (χ0) is 8.97. The largest absolute Gasteiger partial charge is 0.382 e. The van der Waals surface area contributed by atoms with E-state index in [0.717, 1.165) is 12.5 Å². The van der Waals surface area contributed by atoms with Gasteiger partial charge in [-0.15, -0.1) is 0 Å². The van der Waals surface area contributed by atoms with E-state index in [1.54, 1.807) is 0 Å². The van der Waals surface area contributed by atoms with Crippen LogP contribution in [0.4, 0.5) is 5.82 Å². The molecule has 0 unspecified atom stereocenters. The second-order valence-corrected chi connectivity index (χ2v) is 3.15. The Balaban J connectivity index is 2.50. The third-order valence-corrected chi connectivity index (χ3v) is 2.26. The van der Waals surface area contributed by atoms with Gasteiger partial charge in [0.1, 0.15) is 5.82 Å². The molecule has 3 heteroatoms. The lowest BCUT2D eigenvalue weighted by molar-refractivity contribution is 0.396. The van der Waals surface area contributed by atoms with E-state index in [1.807, 2.05) is 16.9 Å². The molecule has 0 saturated carbocycles. The number of nitrogens with two attached hydrogens (primary N) is 1. The highest BCUT2D eigenvalue weighted by molar-refractivity contribution is 5.23. The Morgan fingerprint density at radius 2 is 2.17 bits per heavy atom. The molecule has 0 aromatic carbocycles. The Hall–Kier alpha value is -0.990. The van der Waals surface area contributed by atoms with Gasteiger partial charge in [0, 0.05) is 12.7 Å². The summed E-state index contributed by atoms with van der Waals surface area (Å²) in [5, 5.41) is 4.14. The fourth-order valence-corrected chi connectivity index (χ4v) is 1.29. The first-order valence-corrected chi connectivity index (χ1v) is 4.55. The number of anilines is 1. The van der Waals surface area contributed by atoms with E-state index in [4.69, 9.17) is 5.73 Å². The molecule has 1 aromatic rings. The standard InChI is InChI=1S/C9H17N3/c1-3-8(4-2)7-12-6-5-9(10)11-12/h5-6,8H,3-4,7H2,1-2H3,(H2,10,11). The maximum Gasteiger partial charge on any atom is 0.145 e. The van der Waals surface area contributed by atoms with Crippen LogP contribution in [0.2, 0.25) is 0 Å². The summed E-state index contributed by atoms with van der Waals surface area (Å²) >= 11 is 0. The summed E-state index contributed by atoms with van der Waals surface area (Å²) in [6, 6.07) is 1.84. The summed E-state index contributed by atoms with van der Waals surface area (Å²) in [7, 11) is 0. The average molecular weight is 167 g/mol. The van der Waals surface area contributed by atoms with Crippen molar-refractivity contribution in [1.82, 2.24) is 9.78 Å². The molecule has 0 atom stereocenters. The predicted octanol–water partition coefficient (Wildman–Crippen LogP) is 1.90. The van der Waals surface area contributed by atoms with Crippen LogP contribution in [0.25, 0.3) is 0 Å². The van der Waals surface area contributed by atoms with Crippen molar-refractivity contribution in [1.29, 1.82) is 0 Å². The summed E-state index contributed by atoms with van der Waals surface area (Å²) in [6.45, 7) is 5.41. The molecule has 0 radical (unpaired) electrons. The molecule has 1 aromatic heterocycles. The Bertz CT molecular complexity index is 225. The maximum absolute atomic E-state index is 5.51. The third kappa shape index (κ3) is 2.26. The molecular formula is C9H17N3. The fourth-order valence-electron chi connectivity index (χ4n) is 1.29. The first kappa shape index (κ1) is 9.10. The SMILES string of the molecule is CCC(CC)Cn1ccc(N)n1. The molecule has 1 rings (SSSR count). The molecule has 1 heterocycles. The topological polar surface area (TPSA) is 43.8 Å². The summed E-state index contributed by atoms with van der Waals surface area (Å²) in [5.41, 5.74) is 5.51. The van der Waals surface area contributed by atoms with Crippen LogP contribution in [0.5, 0.6) is 0 Å². The Kier molecular flexibility index (Phi) is 3.14. The van der Waals surface area contributed by atoms with Crippen LogP contribution in [-0.4, -0.2) is 9.78 Å². The number of hydrogen-bond donors (Lipinski definition) is 1. The van der Waals surface area contributed by atoms with Gasteiger partial charge in [-0.3, -0.25) is 4.68 Å². The van der Waals surface area contributed by atoms with E-state index in [0.29, 0.717) is 5.82 Å². The Labute approximate surface area is 73.6 Å². The van der Waals surface area contributed by atoms with Crippen molar-refractivity contribution in [2.24, 2.45) is 5.92 Å². The minimum absolute atomic E-state index is 0.612. The van der Waals surface area contributed by atoms with Crippen molar-refractivity contribution in [3.05, 3.63) is 12.3 Å². The first-order valence-electron chi connectivity index (χ1n) is 4.55. The zero-order valence-electron chi connectivity index (χ0n) is 7.83. The fraction of sp³-hybridized carbons (Fsp3) is 0.667. The van der Waals surface area contributed by atoms with E-state index >= 15 is 0 Å². The highest BCUT2D eigenvalue weighted by Gasteiger charge is 2.04. The lowest BCUT2D eigenvalue weighted by Crippen LogP contribution is -2.09. The van der Waals surface area contributed by atoms with Gasteiger partial charge in [0.25, 0.3) is 0 Å². The highest BCUT2D eigenvalue weighted by Crippen LogP contribution is 2.10. The molecule has 0 aliphatic heterocycles. The normalized spacial score (nSPS) is 10.9. The Morgan fingerprint density at radius 3 is 2.58 bits per heavy atom. The lowest BCUT2D eigenvalue weighted by atomic mass is 10.0. The van der Waals surface area contributed by atoms with Gasteiger partial charge in [-0.05, 0) is 12.0 Å². The molecule has 12 heavy (non-hydrogen) atoms. The van der Waals surface area contributed by atoms with Crippen LogP contribution in [-0.2, 0) is 6.54 Å². The summed E-state index contributed by atoms with van der Waals surface area (Å²) in [4.78, 5) is 0. The summed E-state index contributed by atoms with van der Waals surface area (Å²) < 4.78 is 1.92. The van der Waals surface area contributed by atoms with Gasteiger partial charge in [-0.1, -0.05) is 26.7 Å². The average Bonchev–Trinajstić information content (AvgIpc) is 2.47. The molecule has 2 N–H and O–H groups in total. The predicted molar refractivity (Wildman–Crippen MR) is 50.7 cm³/mol. The third-order valence-electron chi connectivity index (χ3n) is 2.26. The second-order valence-electron chi connectivity index (χ2n) is 3.15. The van der Waals surface area contributed by atoms with E-state index in [1.165, 1.54) is 12.8 Å². The smallest absolute Gasteiger partial charge is 0.145 e. The van der Waals surface area contributed by atoms with Crippen LogP contribution in [0, 0.1) is 5.92 Å². The van der Waals surface area contributed by atoms with Gasteiger partial charge < -0.3 is 5.73 Å². The van der Waals surface area contributed by atoms with E-state index in [-0.39, 0.29) is 0 Å².